The largest absolute Gasteiger partial charge is 0.497 e. The second-order valence-electron chi connectivity index (χ2n) is 6.02. The zero-order chi connectivity index (χ0) is 19.3. The average Bonchev–Trinajstić information content (AvgIpc) is 3.10. The van der Waals surface area contributed by atoms with Gasteiger partial charge in [-0.2, -0.15) is 0 Å². The van der Waals surface area contributed by atoms with E-state index in [1.165, 1.54) is 0 Å². The van der Waals surface area contributed by atoms with Crippen molar-refractivity contribution in [3.8, 4) is 28.7 Å². The maximum Gasteiger partial charge on any atom is 0.245 e. The fourth-order valence-electron chi connectivity index (χ4n) is 2.82. The van der Waals surface area contributed by atoms with Gasteiger partial charge in [0.2, 0.25) is 11.7 Å². The van der Waals surface area contributed by atoms with Crippen molar-refractivity contribution in [1.82, 2.24) is 9.55 Å². The molecular weight excluding hydrogens is 352 g/mol. The summed E-state index contributed by atoms with van der Waals surface area (Å²) in [5, 5.41) is 19.2. The Bertz CT molecular complexity index is 1090. The second-order valence-corrected chi connectivity index (χ2v) is 6.02. The van der Waals surface area contributed by atoms with Gasteiger partial charge in [0, 0.05) is 5.56 Å². The van der Waals surface area contributed by atoms with Crippen LogP contribution >= 0.6 is 0 Å². The molecule has 28 heavy (non-hydrogen) atoms. The molecule has 0 aliphatic carbocycles. The van der Waals surface area contributed by atoms with Gasteiger partial charge in [0.15, 0.2) is 0 Å². The van der Waals surface area contributed by atoms with Crippen molar-refractivity contribution < 1.29 is 9.84 Å². The Morgan fingerprint density at radius 3 is 2.11 bits per heavy atom. The molecule has 0 aliphatic heterocycles. The molecule has 138 valence electrons. The molecule has 3 aromatic carbocycles. The van der Waals surface area contributed by atoms with Crippen LogP contribution in [0.4, 0.5) is 11.5 Å². The van der Waals surface area contributed by atoms with E-state index in [1.807, 2.05) is 84.9 Å². The van der Waals surface area contributed by atoms with Gasteiger partial charge in [0.25, 0.3) is 0 Å². The molecular formula is C22H18N4O2. The maximum atomic E-state index is 10.8. The number of aromatic hydroxyl groups is 1. The Kier molecular flexibility index (Phi) is 4.84. The maximum absolute atomic E-state index is 10.8. The van der Waals surface area contributed by atoms with Crippen LogP contribution in [-0.4, -0.2) is 21.8 Å². The van der Waals surface area contributed by atoms with Gasteiger partial charge in [0.05, 0.1) is 18.5 Å². The highest BCUT2D eigenvalue weighted by molar-refractivity contribution is 5.65. The highest BCUT2D eigenvalue weighted by Gasteiger charge is 2.19. The van der Waals surface area contributed by atoms with E-state index in [4.69, 9.17) is 4.74 Å². The van der Waals surface area contributed by atoms with E-state index >= 15 is 0 Å². The average molecular weight is 370 g/mol. The molecule has 6 heteroatoms. The van der Waals surface area contributed by atoms with Gasteiger partial charge < -0.3 is 9.84 Å². The lowest BCUT2D eigenvalue weighted by molar-refractivity contribution is 0.414. The third kappa shape index (κ3) is 3.48. The number of rotatable bonds is 5. The van der Waals surface area contributed by atoms with Gasteiger partial charge in [-0.05, 0) is 36.4 Å². The first kappa shape index (κ1) is 17.5. The molecule has 0 spiro atoms. The van der Waals surface area contributed by atoms with Crippen molar-refractivity contribution in [2.45, 2.75) is 0 Å². The van der Waals surface area contributed by atoms with Gasteiger partial charge in [0.1, 0.15) is 11.6 Å². The lowest BCUT2D eigenvalue weighted by Crippen LogP contribution is -1.97. The van der Waals surface area contributed by atoms with E-state index in [0.717, 1.165) is 17.0 Å². The number of ether oxygens (including phenoxy) is 1. The summed E-state index contributed by atoms with van der Waals surface area (Å²) in [5.41, 5.74) is 2.28. The topological polar surface area (TPSA) is 72.0 Å². The van der Waals surface area contributed by atoms with E-state index in [9.17, 15) is 5.11 Å². The number of hydrogen-bond donors (Lipinski definition) is 1. The normalized spacial score (nSPS) is 11.0. The number of azo groups is 1. The van der Waals surface area contributed by atoms with Crippen LogP contribution < -0.4 is 4.74 Å². The van der Waals surface area contributed by atoms with Crippen LogP contribution in [0.1, 0.15) is 0 Å². The van der Waals surface area contributed by atoms with Crippen LogP contribution in [0.15, 0.2) is 95.2 Å². The molecule has 0 aliphatic rings. The third-order valence-corrected chi connectivity index (χ3v) is 4.21. The summed E-state index contributed by atoms with van der Waals surface area (Å²) in [6.45, 7) is 0. The van der Waals surface area contributed by atoms with Crippen LogP contribution in [0.2, 0.25) is 0 Å². The van der Waals surface area contributed by atoms with E-state index in [1.54, 1.807) is 11.7 Å². The highest BCUT2D eigenvalue weighted by Crippen LogP contribution is 2.36. The molecule has 0 bridgehead atoms. The quantitative estimate of drug-likeness (QED) is 0.460. The second kappa shape index (κ2) is 7.75. The minimum atomic E-state index is -0.0799. The van der Waals surface area contributed by atoms with E-state index in [-0.39, 0.29) is 11.7 Å². The molecule has 0 fully saturated rings. The minimum absolute atomic E-state index is 0.0799. The molecule has 0 saturated heterocycles. The van der Waals surface area contributed by atoms with Gasteiger partial charge in [-0.1, -0.05) is 48.5 Å². The summed E-state index contributed by atoms with van der Waals surface area (Å²) >= 11 is 0. The first-order valence-electron chi connectivity index (χ1n) is 8.74. The van der Waals surface area contributed by atoms with Crippen molar-refractivity contribution in [3.63, 3.8) is 0 Å². The van der Waals surface area contributed by atoms with Crippen LogP contribution in [0, 0.1) is 0 Å². The monoisotopic (exact) mass is 370 g/mol. The molecule has 6 nitrogen and oxygen atoms in total. The van der Waals surface area contributed by atoms with Crippen molar-refractivity contribution in [1.29, 1.82) is 0 Å². The smallest absolute Gasteiger partial charge is 0.245 e. The first-order chi connectivity index (χ1) is 13.8. The Morgan fingerprint density at radius 1 is 0.821 bits per heavy atom. The Hall–Kier alpha value is -3.93. The van der Waals surface area contributed by atoms with E-state index in [2.05, 4.69) is 15.2 Å². The predicted octanol–water partition coefficient (Wildman–Crippen LogP) is 5.67. The lowest BCUT2D eigenvalue weighted by Gasteiger charge is -2.09. The summed E-state index contributed by atoms with van der Waals surface area (Å²) < 4.78 is 6.87. The first-order valence-corrected chi connectivity index (χ1v) is 8.74. The number of nitrogens with zero attached hydrogens (tertiary/aromatic N) is 4. The standard InChI is InChI=1S/C22H18N4O2/c1-28-19-14-12-18(13-15-19)26-21(16-8-4-2-5-9-16)23-20(22(26)27)25-24-17-10-6-3-7-11-17/h2-15,27H,1H3. The molecule has 1 heterocycles. The van der Waals surface area contributed by atoms with Gasteiger partial charge in [-0.25, -0.2) is 4.98 Å². The van der Waals surface area contributed by atoms with Gasteiger partial charge in [-0.15, -0.1) is 10.2 Å². The zero-order valence-electron chi connectivity index (χ0n) is 15.2. The van der Waals surface area contributed by atoms with Gasteiger partial charge in [-0.3, -0.25) is 4.57 Å². The number of hydrogen-bond acceptors (Lipinski definition) is 5. The summed E-state index contributed by atoms with van der Waals surface area (Å²) in [5.74, 6) is 1.38. The molecule has 1 N–H and O–H groups in total. The summed E-state index contributed by atoms with van der Waals surface area (Å²) in [6, 6.07) is 26.3. The van der Waals surface area contributed by atoms with Crippen LogP contribution in [-0.2, 0) is 0 Å². The van der Waals surface area contributed by atoms with Crippen LogP contribution in [0.3, 0.4) is 0 Å². The van der Waals surface area contributed by atoms with E-state index < -0.39 is 0 Å². The fraction of sp³-hybridized carbons (Fsp3) is 0.0455. The Morgan fingerprint density at radius 2 is 1.46 bits per heavy atom. The van der Waals surface area contributed by atoms with E-state index in [0.29, 0.717) is 11.5 Å². The number of imidazole rings is 1. The molecule has 4 rings (SSSR count). The fourth-order valence-corrected chi connectivity index (χ4v) is 2.82. The van der Waals surface area contributed by atoms with Crippen molar-refractivity contribution in [2.75, 3.05) is 7.11 Å². The molecule has 0 saturated carbocycles. The van der Waals surface area contributed by atoms with Crippen LogP contribution in [0.25, 0.3) is 17.1 Å². The molecule has 4 aromatic rings. The minimum Gasteiger partial charge on any atom is -0.497 e. The highest BCUT2D eigenvalue weighted by atomic mass is 16.5. The van der Waals surface area contributed by atoms with Crippen molar-refractivity contribution in [2.24, 2.45) is 10.2 Å². The van der Waals surface area contributed by atoms with Crippen LogP contribution in [0.5, 0.6) is 11.6 Å². The number of benzene rings is 3. The molecule has 0 amide bonds. The van der Waals surface area contributed by atoms with Crippen molar-refractivity contribution >= 4 is 11.5 Å². The summed E-state index contributed by atoms with van der Waals surface area (Å²) in [4.78, 5) is 4.54. The Labute approximate surface area is 162 Å². The van der Waals surface area contributed by atoms with Crippen molar-refractivity contribution in [3.05, 3.63) is 84.9 Å². The third-order valence-electron chi connectivity index (χ3n) is 4.21. The molecule has 0 unspecified atom stereocenters. The SMILES string of the molecule is COc1ccc(-n2c(-c3ccccc3)nc(N=Nc3ccccc3)c2O)cc1. The number of methoxy groups -OCH3 is 1. The predicted molar refractivity (Wildman–Crippen MR) is 108 cm³/mol. The Balaban J connectivity index is 1.83. The summed E-state index contributed by atoms with van der Waals surface area (Å²) in [6.07, 6.45) is 0. The summed E-state index contributed by atoms with van der Waals surface area (Å²) in [7, 11) is 1.61. The molecule has 0 radical (unpaired) electrons. The molecule has 1 aromatic heterocycles. The van der Waals surface area contributed by atoms with Gasteiger partial charge >= 0.3 is 0 Å². The lowest BCUT2D eigenvalue weighted by atomic mass is 10.2. The number of aromatic nitrogens is 2. The zero-order valence-corrected chi connectivity index (χ0v) is 15.2. The molecule has 0 atom stereocenters.